The molecule has 0 aromatic carbocycles. The molecule has 3 unspecified atom stereocenters. The predicted molar refractivity (Wildman–Crippen MR) is 156 cm³/mol. The Morgan fingerprint density at radius 2 is 0.946 bits per heavy atom. The van der Waals surface area contributed by atoms with E-state index in [2.05, 4.69) is 31.9 Å². The topological polar surface area (TPSA) is 112 Å². The van der Waals surface area contributed by atoms with Crippen LogP contribution in [0.4, 0.5) is 0 Å². The molecule has 0 spiro atoms. The number of nitrogens with zero attached hydrogens (tertiary/aromatic N) is 3. The number of amides is 6. The summed E-state index contributed by atoms with van der Waals surface area (Å²) in [6.07, 6.45) is 3.88. The normalized spacial score (nSPS) is 18.1. The Labute approximate surface area is 261 Å². The molecule has 3 fully saturated rings. The standard InChI is InChI=1S/C11H14N2O4.C5H7NO2.CH3BIP.2CH4BIP/c14-8-2-3-9(15)12(8)6-1-7-13-10(16)4-5-11(13)17;1-6-4(7)2-3-5(6)8;1-4(2)3;2*1-3-4-2/h1-7H2;2-3H2,1H3;1H3;2*4H,1H3/q;;;2*-1. The number of hydrogen-bond acceptors (Lipinski definition) is 6. The van der Waals surface area contributed by atoms with Gasteiger partial charge in [0, 0.05) is 58.7 Å². The SMILES string of the molecule is CN1C(=O)CCC1=O.O=C1CCC(=O)N1CCCN1C(=O)CCC1=O.[B]P(C)I.[B]P[I-]C.[B]P[I-]C. The third kappa shape index (κ3) is 19.8. The van der Waals surface area contributed by atoms with Crippen LogP contribution in [0.15, 0.2) is 0 Å². The van der Waals surface area contributed by atoms with Gasteiger partial charge in [0.25, 0.3) is 0 Å². The second kappa shape index (κ2) is 24.9. The molecule has 3 rings (SSSR count). The van der Waals surface area contributed by atoms with Crippen molar-refractivity contribution in [2.75, 3.05) is 36.7 Å². The number of carbonyl (C=O) groups excluding carboxylic acids is 6. The average molecular weight is 905 g/mol. The molecule has 3 aliphatic heterocycles. The van der Waals surface area contributed by atoms with E-state index in [9.17, 15) is 28.8 Å². The van der Waals surface area contributed by atoms with Gasteiger partial charge in [-0.15, -0.1) is 0 Å². The van der Waals surface area contributed by atoms with Crippen molar-refractivity contribution in [3.05, 3.63) is 0 Å². The number of carbonyl (C=O) groups is 6. The van der Waals surface area contributed by atoms with E-state index in [0.717, 1.165) is 12.2 Å². The Morgan fingerprint density at radius 1 is 0.730 bits per heavy atom. The molecule has 0 N–H and O–H groups in total. The van der Waals surface area contributed by atoms with Crippen LogP contribution in [0, 0.1) is 0 Å². The second-order valence-electron chi connectivity index (χ2n) is 7.20. The van der Waals surface area contributed by atoms with Crippen molar-refractivity contribution in [1.82, 2.24) is 14.7 Å². The van der Waals surface area contributed by atoms with Gasteiger partial charge in [0.1, 0.15) is 7.57 Å². The zero-order valence-corrected chi connectivity index (χ0v) is 30.8. The number of rotatable bonds is 6. The third-order valence-corrected chi connectivity index (χ3v) is 8.77. The molecule has 0 aromatic rings. The number of halogens is 3. The predicted octanol–water partition coefficient (Wildman–Crippen LogP) is -4.26. The Bertz CT molecular complexity index is 680. The minimum absolute atomic E-state index is 0.0602. The van der Waals surface area contributed by atoms with Gasteiger partial charge in [0.05, 0.1) is 0 Å². The van der Waals surface area contributed by atoms with Gasteiger partial charge < -0.3 is 0 Å². The fourth-order valence-electron chi connectivity index (χ4n) is 2.82. The summed E-state index contributed by atoms with van der Waals surface area (Å²) in [5.74, 6) is -0.753. The molecular weight excluding hydrogens is 872 g/mol. The number of hydrogen-bond donors (Lipinski definition) is 0. The van der Waals surface area contributed by atoms with E-state index < -0.39 is 0 Å². The summed E-state index contributed by atoms with van der Waals surface area (Å²) in [5.41, 5.74) is -0.150. The molecule has 18 heteroatoms. The molecule has 3 saturated heterocycles. The number of imide groups is 3. The van der Waals surface area contributed by atoms with Crippen molar-refractivity contribution < 1.29 is 70.1 Å². The molecule has 0 saturated carbocycles. The fourth-order valence-corrected chi connectivity index (χ4v) is 2.82. The van der Waals surface area contributed by atoms with Gasteiger partial charge in [-0.2, -0.15) is 0 Å². The Hall–Kier alpha value is 1.09. The first-order valence-electron chi connectivity index (χ1n) is 10.9. The molecule has 206 valence electrons. The maximum absolute atomic E-state index is 11.3. The van der Waals surface area contributed by atoms with Gasteiger partial charge in [-0.1, -0.05) is 27.5 Å². The minimum atomic E-state index is -0.158. The zero-order valence-electron chi connectivity index (χ0n) is 21.5. The zero-order chi connectivity index (χ0) is 29.0. The van der Waals surface area contributed by atoms with E-state index in [-0.39, 0.29) is 66.6 Å². The van der Waals surface area contributed by atoms with Gasteiger partial charge >= 0.3 is 78.5 Å². The van der Waals surface area contributed by atoms with Crippen LogP contribution in [0.1, 0.15) is 44.9 Å². The van der Waals surface area contributed by atoms with Crippen LogP contribution in [0.5, 0.6) is 0 Å². The molecular formula is C19H32B3I3N3O6P3-2. The first-order valence-corrected chi connectivity index (χ1v) is 28.2. The van der Waals surface area contributed by atoms with Crippen molar-refractivity contribution in [3.8, 4) is 0 Å². The molecule has 3 aliphatic rings. The fraction of sp³-hybridized carbons (Fsp3) is 0.684. The van der Waals surface area contributed by atoms with E-state index >= 15 is 0 Å². The Kier molecular flexibility index (Phi) is 27.0. The number of alkyl halides is 2. The van der Waals surface area contributed by atoms with Crippen molar-refractivity contribution in [3.63, 3.8) is 0 Å². The van der Waals surface area contributed by atoms with Crippen LogP contribution in [-0.4, -0.2) is 110 Å². The van der Waals surface area contributed by atoms with E-state index in [1.54, 1.807) is 0 Å². The molecule has 3 atom stereocenters. The van der Waals surface area contributed by atoms with Crippen LogP contribution in [0.25, 0.3) is 0 Å². The molecule has 0 bridgehead atoms. The van der Waals surface area contributed by atoms with E-state index in [1.807, 2.05) is 6.66 Å². The molecule has 37 heavy (non-hydrogen) atoms. The molecule has 0 aromatic heterocycles. The van der Waals surface area contributed by atoms with Crippen molar-refractivity contribution >= 4 is 97.8 Å². The molecule has 0 aliphatic carbocycles. The first-order chi connectivity index (χ1) is 17.4. The third-order valence-electron chi connectivity index (χ3n) is 4.59. The second-order valence-corrected chi connectivity index (χ2v) is 24.2. The van der Waals surface area contributed by atoms with E-state index in [4.69, 9.17) is 22.7 Å². The van der Waals surface area contributed by atoms with Gasteiger partial charge in [-0.3, -0.25) is 43.5 Å². The Balaban J connectivity index is 0. The molecule has 6 amide bonds. The maximum atomic E-state index is 11.3. The van der Waals surface area contributed by atoms with Crippen LogP contribution < -0.4 is 41.3 Å². The van der Waals surface area contributed by atoms with Crippen LogP contribution in [0.3, 0.4) is 0 Å². The van der Waals surface area contributed by atoms with Crippen molar-refractivity contribution in [2.24, 2.45) is 0 Å². The average Bonchev–Trinajstić information content (AvgIpc) is 3.47. The van der Waals surface area contributed by atoms with Crippen LogP contribution in [0.2, 0.25) is 0 Å². The summed E-state index contributed by atoms with van der Waals surface area (Å²) < 4.78 is 0. The quantitative estimate of drug-likeness (QED) is 0.0880. The van der Waals surface area contributed by atoms with Crippen LogP contribution >= 0.6 is 39.7 Å². The summed E-state index contributed by atoms with van der Waals surface area (Å²) in [4.78, 5) is 74.1. The van der Waals surface area contributed by atoms with Gasteiger partial charge in [0.15, 0.2) is 0 Å². The molecule has 6 radical (unpaired) electrons. The summed E-state index contributed by atoms with van der Waals surface area (Å²) in [5, 5.41) is 0. The van der Waals surface area contributed by atoms with E-state index in [0.29, 0.717) is 73.7 Å². The summed E-state index contributed by atoms with van der Waals surface area (Å²) >= 11 is 3.02. The number of likely N-dealkylation sites (tertiary alicyclic amines) is 3. The molecule has 3 heterocycles. The van der Waals surface area contributed by atoms with Gasteiger partial charge in [0.2, 0.25) is 35.4 Å². The summed E-state index contributed by atoms with van der Waals surface area (Å²) in [6.45, 7) is 2.60. The molecule has 9 nitrogen and oxygen atoms in total. The monoisotopic (exact) mass is 905 g/mol. The van der Waals surface area contributed by atoms with Gasteiger partial charge in [-0.25, -0.2) is 0 Å². The van der Waals surface area contributed by atoms with Crippen molar-refractivity contribution in [1.29, 1.82) is 0 Å². The summed E-state index contributed by atoms with van der Waals surface area (Å²) in [7, 11) is 16.9. The van der Waals surface area contributed by atoms with Crippen molar-refractivity contribution in [2.45, 2.75) is 44.9 Å². The first kappa shape index (κ1) is 40.2. The Morgan fingerprint density at radius 3 is 1.11 bits per heavy atom. The van der Waals surface area contributed by atoms with Crippen LogP contribution in [-0.2, 0) is 28.8 Å². The van der Waals surface area contributed by atoms with Gasteiger partial charge in [-0.05, 0) is 13.1 Å². The van der Waals surface area contributed by atoms with E-state index in [1.165, 1.54) is 21.7 Å². The summed E-state index contributed by atoms with van der Waals surface area (Å²) in [6, 6.07) is 0.